The SMILES string of the molecule is CNc1nc(NC2(C)CCCOC2)nc(N(C)C)n1. The van der Waals surface area contributed by atoms with Crippen LogP contribution in [0.15, 0.2) is 0 Å². The van der Waals surface area contributed by atoms with Gasteiger partial charge in [-0.2, -0.15) is 15.0 Å². The highest BCUT2D eigenvalue weighted by molar-refractivity contribution is 5.43. The summed E-state index contributed by atoms with van der Waals surface area (Å²) in [6.45, 7) is 3.63. The van der Waals surface area contributed by atoms with Gasteiger partial charge in [-0.1, -0.05) is 0 Å². The van der Waals surface area contributed by atoms with Gasteiger partial charge in [-0.25, -0.2) is 0 Å². The highest BCUT2D eigenvalue weighted by Crippen LogP contribution is 2.23. The lowest BCUT2D eigenvalue weighted by Gasteiger charge is -2.34. The normalized spacial score (nSPS) is 22.9. The summed E-state index contributed by atoms with van der Waals surface area (Å²) in [5.41, 5.74) is -0.117. The number of anilines is 3. The van der Waals surface area contributed by atoms with E-state index in [1.54, 1.807) is 7.05 Å². The summed E-state index contributed by atoms with van der Waals surface area (Å²) in [5.74, 6) is 1.76. The quantitative estimate of drug-likeness (QED) is 0.840. The van der Waals surface area contributed by atoms with Crippen LogP contribution in [-0.4, -0.2) is 54.8 Å². The highest BCUT2D eigenvalue weighted by atomic mass is 16.5. The van der Waals surface area contributed by atoms with Gasteiger partial charge in [0, 0.05) is 27.7 Å². The van der Waals surface area contributed by atoms with Crippen LogP contribution in [0.2, 0.25) is 0 Å². The molecule has 0 bridgehead atoms. The molecule has 7 nitrogen and oxygen atoms in total. The van der Waals surface area contributed by atoms with Crippen molar-refractivity contribution in [3.63, 3.8) is 0 Å². The van der Waals surface area contributed by atoms with Crippen LogP contribution in [-0.2, 0) is 4.74 Å². The molecule has 1 aliphatic rings. The van der Waals surface area contributed by atoms with E-state index in [2.05, 4.69) is 32.5 Å². The molecule has 2 rings (SSSR count). The van der Waals surface area contributed by atoms with Crippen LogP contribution in [0, 0.1) is 0 Å². The summed E-state index contributed by atoms with van der Waals surface area (Å²) < 4.78 is 5.53. The van der Waals surface area contributed by atoms with Crippen molar-refractivity contribution in [2.45, 2.75) is 25.3 Å². The van der Waals surface area contributed by atoms with E-state index in [-0.39, 0.29) is 5.54 Å². The minimum absolute atomic E-state index is 0.117. The fourth-order valence-corrected chi connectivity index (χ4v) is 2.03. The van der Waals surface area contributed by atoms with Crippen molar-refractivity contribution in [1.29, 1.82) is 0 Å². The number of ether oxygens (including phenoxy) is 1. The predicted octanol–water partition coefficient (Wildman–Crippen LogP) is 0.960. The van der Waals surface area contributed by atoms with Crippen LogP contribution >= 0.6 is 0 Å². The summed E-state index contributed by atoms with van der Waals surface area (Å²) in [4.78, 5) is 14.9. The van der Waals surface area contributed by atoms with Crippen molar-refractivity contribution in [1.82, 2.24) is 15.0 Å². The minimum Gasteiger partial charge on any atom is -0.379 e. The molecule has 19 heavy (non-hydrogen) atoms. The van der Waals surface area contributed by atoms with Crippen LogP contribution in [0.25, 0.3) is 0 Å². The van der Waals surface area contributed by atoms with E-state index in [1.165, 1.54) is 0 Å². The van der Waals surface area contributed by atoms with Crippen molar-refractivity contribution in [2.75, 3.05) is 49.9 Å². The van der Waals surface area contributed by atoms with Gasteiger partial charge in [0.25, 0.3) is 0 Å². The molecule has 1 saturated heterocycles. The highest BCUT2D eigenvalue weighted by Gasteiger charge is 2.28. The van der Waals surface area contributed by atoms with Crippen LogP contribution in [0.4, 0.5) is 17.8 Å². The smallest absolute Gasteiger partial charge is 0.231 e. The first-order chi connectivity index (χ1) is 9.02. The van der Waals surface area contributed by atoms with Gasteiger partial charge in [-0.15, -0.1) is 0 Å². The maximum atomic E-state index is 5.53. The van der Waals surface area contributed by atoms with Crippen molar-refractivity contribution >= 4 is 17.8 Å². The third-order valence-electron chi connectivity index (χ3n) is 3.10. The molecule has 0 spiro atoms. The second-order valence-corrected chi connectivity index (χ2v) is 5.27. The zero-order chi connectivity index (χ0) is 13.9. The second kappa shape index (κ2) is 5.56. The van der Waals surface area contributed by atoms with Crippen molar-refractivity contribution in [3.05, 3.63) is 0 Å². The lowest BCUT2D eigenvalue weighted by atomic mass is 9.95. The van der Waals surface area contributed by atoms with Crippen LogP contribution in [0.1, 0.15) is 19.8 Å². The summed E-state index contributed by atoms with van der Waals surface area (Å²) in [7, 11) is 5.61. The Morgan fingerprint density at radius 1 is 1.21 bits per heavy atom. The Balaban J connectivity index is 2.21. The summed E-state index contributed by atoms with van der Waals surface area (Å²) in [6.07, 6.45) is 2.10. The zero-order valence-corrected chi connectivity index (χ0v) is 12.0. The Morgan fingerprint density at radius 3 is 2.53 bits per heavy atom. The molecule has 106 valence electrons. The topological polar surface area (TPSA) is 75.2 Å². The molecular formula is C12H22N6O. The van der Waals surface area contributed by atoms with E-state index in [4.69, 9.17) is 4.74 Å². The molecule has 1 fully saturated rings. The van der Waals surface area contributed by atoms with Gasteiger partial charge in [0.2, 0.25) is 17.8 Å². The molecule has 0 aliphatic carbocycles. The van der Waals surface area contributed by atoms with E-state index in [0.29, 0.717) is 24.5 Å². The molecule has 1 unspecified atom stereocenters. The van der Waals surface area contributed by atoms with Crippen molar-refractivity contribution in [3.8, 4) is 0 Å². The summed E-state index contributed by atoms with van der Waals surface area (Å²) in [6, 6.07) is 0. The van der Waals surface area contributed by atoms with Crippen molar-refractivity contribution in [2.24, 2.45) is 0 Å². The molecule has 1 aromatic rings. The maximum Gasteiger partial charge on any atom is 0.231 e. The first-order valence-electron chi connectivity index (χ1n) is 6.49. The Morgan fingerprint density at radius 2 is 1.95 bits per heavy atom. The standard InChI is InChI=1S/C12H22N6O/c1-12(6-5-7-19-8-12)17-10-14-9(13-2)15-11(16-10)18(3)4/h5-8H2,1-4H3,(H2,13,14,15,16,17). The zero-order valence-electron chi connectivity index (χ0n) is 12.0. The van der Waals surface area contributed by atoms with Gasteiger partial charge in [-0.3, -0.25) is 0 Å². The van der Waals surface area contributed by atoms with Gasteiger partial charge < -0.3 is 20.3 Å². The molecule has 0 saturated carbocycles. The Kier molecular flexibility index (Phi) is 4.04. The molecule has 0 amide bonds. The second-order valence-electron chi connectivity index (χ2n) is 5.27. The molecule has 7 heteroatoms. The number of rotatable bonds is 4. The largest absolute Gasteiger partial charge is 0.379 e. The first kappa shape index (κ1) is 13.8. The number of nitrogens with one attached hydrogen (secondary N) is 2. The molecule has 1 aliphatic heterocycles. The lowest BCUT2D eigenvalue weighted by molar-refractivity contribution is 0.0537. The first-order valence-corrected chi connectivity index (χ1v) is 6.49. The Bertz CT molecular complexity index is 430. The van der Waals surface area contributed by atoms with E-state index in [9.17, 15) is 0 Å². The predicted molar refractivity (Wildman–Crippen MR) is 75.8 cm³/mol. The van der Waals surface area contributed by atoms with Gasteiger partial charge in [-0.05, 0) is 19.8 Å². The summed E-state index contributed by atoms with van der Waals surface area (Å²) in [5, 5.41) is 6.33. The summed E-state index contributed by atoms with van der Waals surface area (Å²) >= 11 is 0. The van der Waals surface area contributed by atoms with Crippen LogP contribution in [0.5, 0.6) is 0 Å². The van der Waals surface area contributed by atoms with Gasteiger partial charge in [0.05, 0.1) is 12.1 Å². The number of hydrogen-bond acceptors (Lipinski definition) is 7. The van der Waals surface area contributed by atoms with E-state index in [0.717, 1.165) is 19.4 Å². The fraction of sp³-hybridized carbons (Fsp3) is 0.750. The molecular weight excluding hydrogens is 244 g/mol. The number of nitrogens with zero attached hydrogens (tertiary/aromatic N) is 4. The van der Waals surface area contributed by atoms with Crippen LogP contribution < -0.4 is 15.5 Å². The van der Waals surface area contributed by atoms with E-state index in [1.807, 2.05) is 19.0 Å². The lowest BCUT2D eigenvalue weighted by Crippen LogP contribution is -2.43. The Hall–Kier alpha value is -1.63. The van der Waals surface area contributed by atoms with Gasteiger partial charge in [0.1, 0.15) is 0 Å². The van der Waals surface area contributed by atoms with Crippen molar-refractivity contribution < 1.29 is 4.74 Å². The molecule has 2 N–H and O–H groups in total. The van der Waals surface area contributed by atoms with E-state index >= 15 is 0 Å². The Labute approximate surface area is 113 Å². The van der Waals surface area contributed by atoms with Crippen LogP contribution in [0.3, 0.4) is 0 Å². The number of hydrogen-bond donors (Lipinski definition) is 2. The van der Waals surface area contributed by atoms with Gasteiger partial charge >= 0.3 is 0 Å². The molecule has 1 atom stereocenters. The minimum atomic E-state index is -0.117. The molecule has 0 aromatic carbocycles. The monoisotopic (exact) mass is 266 g/mol. The van der Waals surface area contributed by atoms with E-state index < -0.39 is 0 Å². The third kappa shape index (κ3) is 3.44. The fourth-order valence-electron chi connectivity index (χ4n) is 2.03. The molecule has 0 radical (unpaired) electrons. The number of aromatic nitrogens is 3. The third-order valence-corrected chi connectivity index (χ3v) is 3.10. The average Bonchev–Trinajstić information content (AvgIpc) is 2.38. The average molecular weight is 266 g/mol. The molecule has 1 aromatic heterocycles. The molecule has 2 heterocycles. The maximum absolute atomic E-state index is 5.53. The van der Waals surface area contributed by atoms with Gasteiger partial charge in [0.15, 0.2) is 0 Å².